The van der Waals surface area contributed by atoms with E-state index in [1.807, 2.05) is 21.1 Å². The molecule has 0 saturated heterocycles. The molecular formula is C13H21N3O4. The molecular weight excluding hydrogens is 262 g/mol. The first-order valence-corrected chi connectivity index (χ1v) is 6.22. The summed E-state index contributed by atoms with van der Waals surface area (Å²) >= 11 is 0. The Labute approximate surface area is 118 Å². The van der Waals surface area contributed by atoms with Crippen LogP contribution in [0, 0.1) is 10.1 Å². The molecule has 0 unspecified atom stereocenters. The fraction of sp³-hybridized carbons (Fsp3) is 0.538. The number of phenolic OH excluding ortho intramolecular Hbond substituents is 1. The molecule has 20 heavy (non-hydrogen) atoms. The van der Waals surface area contributed by atoms with E-state index in [0.29, 0.717) is 6.54 Å². The smallest absolute Gasteiger partial charge is 0.314 e. The van der Waals surface area contributed by atoms with Gasteiger partial charge in [-0.05, 0) is 32.8 Å². The Morgan fingerprint density at radius 1 is 1.30 bits per heavy atom. The molecule has 0 aromatic heterocycles. The second-order valence-electron chi connectivity index (χ2n) is 4.96. The lowest BCUT2D eigenvalue weighted by Gasteiger charge is -2.19. The zero-order valence-electron chi connectivity index (χ0n) is 12.3. The number of phenols is 1. The Hall–Kier alpha value is -1.86. The maximum absolute atomic E-state index is 10.9. The highest BCUT2D eigenvalue weighted by atomic mass is 16.6. The van der Waals surface area contributed by atoms with E-state index in [9.17, 15) is 15.2 Å². The number of methoxy groups -OCH3 is 1. The van der Waals surface area contributed by atoms with Gasteiger partial charge in [-0.15, -0.1) is 0 Å². The van der Waals surface area contributed by atoms with Crippen molar-refractivity contribution in [1.82, 2.24) is 9.80 Å². The van der Waals surface area contributed by atoms with Crippen molar-refractivity contribution in [3.05, 3.63) is 27.8 Å². The van der Waals surface area contributed by atoms with Gasteiger partial charge < -0.3 is 19.6 Å². The van der Waals surface area contributed by atoms with Crippen LogP contribution in [0.3, 0.4) is 0 Å². The molecule has 7 nitrogen and oxygen atoms in total. The summed E-state index contributed by atoms with van der Waals surface area (Å²) in [5.74, 6) is -0.313. The number of benzene rings is 1. The van der Waals surface area contributed by atoms with Gasteiger partial charge >= 0.3 is 5.69 Å². The highest BCUT2D eigenvalue weighted by Gasteiger charge is 2.20. The number of nitro benzene ring substituents is 1. The van der Waals surface area contributed by atoms with E-state index in [4.69, 9.17) is 4.74 Å². The molecule has 7 heteroatoms. The summed E-state index contributed by atoms with van der Waals surface area (Å²) in [7, 11) is 7.29. The molecule has 0 amide bonds. The number of likely N-dealkylation sites (N-methyl/N-ethyl adjacent to an activating group) is 2. The van der Waals surface area contributed by atoms with Crippen LogP contribution in [-0.2, 0) is 6.54 Å². The summed E-state index contributed by atoms with van der Waals surface area (Å²) in [5.41, 5.74) is 0.396. The van der Waals surface area contributed by atoms with Crippen molar-refractivity contribution in [1.29, 1.82) is 0 Å². The summed E-state index contributed by atoms with van der Waals surface area (Å²) in [6, 6.07) is 3.00. The largest absolute Gasteiger partial charge is 0.500 e. The van der Waals surface area contributed by atoms with Crippen LogP contribution < -0.4 is 4.74 Å². The van der Waals surface area contributed by atoms with Crippen LogP contribution in [0.25, 0.3) is 0 Å². The van der Waals surface area contributed by atoms with E-state index < -0.39 is 10.7 Å². The minimum absolute atomic E-state index is 0.121. The van der Waals surface area contributed by atoms with Gasteiger partial charge in [-0.25, -0.2) is 0 Å². The molecule has 1 rings (SSSR count). The SMILES string of the molecule is COc1cc(CN(C)CCN(C)C)cc([N+](=O)[O-])c1O. The van der Waals surface area contributed by atoms with Gasteiger partial charge in [0.1, 0.15) is 0 Å². The van der Waals surface area contributed by atoms with Crippen LogP contribution in [0.1, 0.15) is 5.56 Å². The second-order valence-corrected chi connectivity index (χ2v) is 4.96. The van der Waals surface area contributed by atoms with E-state index in [1.165, 1.54) is 13.2 Å². The van der Waals surface area contributed by atoms with Crippen LogP contribution in [0.4, 0.5) is 5.69 Å². The Morgan fingerprint density at radius 3 is 2.45 bits per heavy atom. The molecule has 0 bridgehead atoms. The lowest BCUT2D eigenvalue weighted by Crippen LogP contribution is -2.28. The quantitative estimate of drug-likeness (QED) is 0.600. The van der Waals surface area contributed by atoms with Crippen LogP contribution in [0.15, 0.2) is 12.1 Å². The molecule has 0 aliphatic heterocycles. The van der Waals surface area contributed by atoms with Gasteiger partial charge in [0, 0.05) is 25.7 Å². The van der Waals surface area contributed by atoms with E-state index in [-0.39, 0.29) is 11.4 Å². The number of nitro groups is 1. The Kier molecular flexibility index (Phi) is 5.72. The Bertz CT molecular complexity index is 477. The molecule has 0 aliphatic rings. The molecule has 1 N–H and O–H groups in total. The maximum atomic E-state index is 10.9. The van der Waals surface area contributed by atoms with E-state index >= 15 is 0 Å². The van der Waals surface area contributed by atoms with Crippen molar-refractivity contribution < 1.29 is 14.8 Å². The first kappa shape index (κ1) is 16.2. The van der Waals surface area contributed by atoms with Gasteiger partial charge in [0.15, 0.2) is 5.75 Å². The van der Waals surface area contributed by atoms with E-state index in [2.05, 4.69) is 9.80 Å². The first-order chi connectivity index (χ1) is 9.35. The lowest BCUT2D eigenvalue weighted by atomic mass is 10.1. The third-order valence-electron chi connectivity index (χ3n) is 2.91. The number of hydrogen-bond acceptors (Lipinski definition) is 6. The summed E-state index contributed by atoms with van der Waals surface area (Å²) in [4.78, 5) is 14.4. The molecule has 0 spiro atoms. The fourth-order valence-corrected chi connectivity index (χ4v) is 1.80. The predicted octanol–water partition coefficient (Wildman–Crippen LogP) is 1.30. The molecule has 0 fully saturated rings. The van der Waals surface area contributed by atoms with Gasteiger partial charge in [0.2, 0.25) is 5.75 Å². The number of rotatable bonds is 7. The highest BCUT2D eigenvalue weighted by molar-refractivity contribution is 5.57. The van der Waals surface area contributed by atoms with Crippen LogP contribution in [-0.4, -0.2) is 61.2 Å². The zero-order chi connectivity index (χ0) is 15.3. The molecule has 112 valence electrons. The van der Waals surface area contributed by atoms with Gasteiger partial charge in [-0.3, -0.25) is 10.1 Å². The second kappa shape index (κ2) is 7.06. The van der Waals surface area contributed by atoms with Crippen molar-refractivity contribution in [2.45, 2.75) is 6.54 Å². The Balaban J connectivity index is 2.90. The number of hydrogen-bond donors (Lipinski definition) is 1. The predicted molar refractivity (Wildman–Crippen MR) is 76.2 cm³/mol. The third kappa shape index (κ3) is 4.36. The summed E-state index contributed by atoms with van der Waals surface area (Å²) < 4.78 is 4.98. The zero-order valence-corrected chi connectivity index (χ0v) is 12.3. The van der Waals surface area contributed by atoms with Gasteiger partial charge in [-0.2, -0.15) is 0 Å². The van der Waals surface area contributed by atoms with Gasteiger partial charge in [0.05, 0.1) is 12.0 Å². The average molecular weight is 283 g/mol. The van der Waals surface area contributed by atoms with Crippen molar-refractivity contribution in [2.75, 3.05) is 41.3 Å². The summed E-state index contributed by atoms with van der Waals surface area (Å²) in [6.07, 6.45) is 0. The van der Waals surface area contributed by atoms with Crippen molar-refractivity contribution >= 4 is 5.69 Å². The minimum Gasteiger partial charge on any atom is -0.500 e. The molecule has 1 aromatic rings. The van der Waals surface area contributed by atoms with Crippen LogP contribution >= 0.6 is 0 Å². The van der Waals surface area contributed by atoms with E-state index in [0.717, 1.165) is 18.7 Å². The maximum Gasteiger partial charge on any atom is 0.314 e. The molecule has 0 aliphatic carbocycles. The van der Waals surface area contributed by atoms with E-state index in [1.54, 1.807) is 6.07 Å². The number of ether oxygens (including phenoxy) is 1. The molecule has 1 aromatic carbocycles. The fourth-order valence-electron chi connectivity index (χ4n) is 1.80. The Morgan fingerprint density at radius 2 is 1.95 bits per heavy atom. The van der Waals surface area contributed by atoms with Crippen molar-refractivity contribution in [3.63, 3.8) is 0 Å². The minimum atomic E-state index is -0.610. The monoisotopic (exact) mass is 283 g/mol. The number of nitrogens with zero attached hydrogens (tertiary/aromatic N) is 3. The molecule has 0 heterocycles. The van der Waals surface area contributed by atoms with Gasteiger partial charge in [0.25, 0.3) is 0 Å². The van der Waals surface area contributed by atoms with Crippen LogP contribution in [0.2, 0.25) is 0 Å². The molecule has 0 radical (unpaired) electrons. The highest BCUT2D eigenvalue weighted by Crippen LogP contribution is 2.37. The standard InChI is InChI=1S/C13H21N3O4/c1-14(2)5-6-15(3)9-10-7-11(16(18)19)13(17)12(8-10)20-4/h7-8,17H,5-6,9H2,1-4H3. The van der Waals surface area contributed by atoms with Crippen molar-refractivity contribution in [2.24, 2.45) is 0 Å². The topological polar surface area (TPSA) is 79.1 Å². The molecule has 0 atom stereocenters. The lowest BCUT2D eigenvalue weighted by molar-refractivity contribution is -0.386. The average Bonchev–Trinajstić information content (AvgIpc) is 2.37. The number of aromatic hydroxyl groups is 1. The summed E-state index contributed by atoms with van der Waals surface area (Å²) in [6.45, 7) is 2.28. The summed E-state index contributed by atoms with van der Waals surface area (Å²) in [5, 5.41) is 20.6. The third-order valence-corrected chi connectivity index (χ3v) is 2.91. The molecule has 0 saturated carbocycles. The first-order valence-electron chi connectivity index (χ1n) is 6.22. The van der Waals surface area contributed by atoms with Gasteiger partial charge in [-0.1, -0.05) is 0 Å². The van der Waals surface area contributed by atoms with Crippen LogP contribution in [0.5, 0.6) is 11.5 Å². The normalized spacial score (nSPS) is 11.1. The van der Waals surface area contributed by atoms with Crippen molar-refractivity contribution in [3.8, 4) is 11.5 Å².